The number of piperidine rings is 1. The van der Waals surface area contributed by atoms with Crippen molar-refractivity contribution < 1.29 is 37.4 Å². The van der Waals surface area contributed by atoms with Crippen molar-refractivity contribution in [2.75, 3.05) is 32.1 Å². The predicted octanol–water partition coefficient (Wildman–Crippen LogP) is 3.60. The minimum atomic E-state index is -2.92. The van der Waals surface area contributed by atoms with E-state index >= 15 is 0 Å². The third kappa shape index (κ3) is 6.64. The molecular weight excluding hydrogens is 438 g/mol. The zero-order chi connectivity index (χ0) is 23.8. The van der Waals surface area contributed by atoms with Gasteiger partial charge in [-0.2, -0.15) is 8.78 Å². The molecule has 0 atom stereocenters. The maximum absolute atomic E-state index is 12.6. The van der Waals surface area contributed by atoms with Crippen molar-refractivity contribution in [1.29, 1.82) is 0 Å². The summed E-state index contributed by atoms with van der Waals surface area (Å²) in [4.78, 5) is 38.2. The van der Waals surface area contributed by atoms with Crippen LogP contribution in [-0.4, -0.2) is 56.2 Å². The van der Waals surface area contributed by atoms with E-state index < -0.39 is 19.2 Å². The van der Waals surface area contributed by atoms with Gasteiger partial charge in [-0.05, 0) is 49.2 Å². The van der Waals surface area contributed by atoms with E-state index in [4.69, 9.17) is 9.47 Å². The Morgan fingerprint density at radius 2 is 1.73 bits per heavy atom. The lowest BCUT2D eigenvalue weighted by molar-refractivity contribution is -0.149. The number of alkyl halides is 2. The molecule has 0 bridgehead atoms. The second kappa shape index (κ2) is 11.3. The van der Waals surface area contributed by atoms with Crippen molar-refractivity contribution in [3.63, 3.8) is 0 Å². The molecule has 0 radical (unpaired) electrons. The summed E-state index contributed by atoms with van der Waals surface area (Å²) in [6.45, 7) is -2.56. The fraction of sp³-hybridized carbons (Fsp3) is 0.348. The molecule has 33 heavy (non-hydrogen) atoms. The van der Waals surface area contributed by atoms with Gasteiger partial charge in [-0.1, -0.05) is 12.1 Å². The highest BCUT2D eigenvalue weighted by atomic mass is 19.3. The Bertz CT molecular complexity index is 975. The summed E-state index contributed by atoms with van der Waals surface area (Å²) in [5, 5.41) is 3.02. The van der Waals surface area contributed by atoms with Crippen LogP contribution < -0.4 is 10.1 Å². The van der Waals surface area contributed by atoms with Gasteiger partial charge in [0.2, 0.25) is 0 Å². The fourth-order valence-corrected chi connectivity index (χ4v) is 3.47. The zero-order valence-corrected chi connectivity index (χ0v) is 18.0. The van der Waals surface area contributed by atoms with Crippen LogP contribution in [0.5, 0.6) is 5.75 Å². The van der Waals surface area contributed by atoms with E-state index in [1.807, 2.05) is 0 Å². The van der Waals surface area contributed by atoms with E-state index in [1.165, 1.54) is 31.4 Å². The van der Waals surface area contributed by atoms with E-state index in [2.05, 4.69) is 10.1 Å². The Labute approximate surface area is 189 Å². The molecule has 0 spiro atoms. The predicted molar refractivity (Wildman–Crippen MR) is 114 cm³/mol. The largest absolute Gasteiger partial charge is 0.469 e. The number of carbonyl (C=O) groups excluding carboxylic acids is 3. The minimum Gasteiger partial charge on any atom is -0.469 e. The Hall–Kier alpha value is -3.69. The Morgan fingerprint density at radius 1 is 1.06 bits per heavy atom. The molecule has 3 rings (SSSR count). The summed E-state index contributed by atoms with van der Waals surface area (Å²) < 4.78 is 38.8. The van der Waals surface area contributed by atoms with Crippen LogP contribution in [0.4, 0.5) is 20.2 Å². The normalized spacial score (nSPS) is 14.0. The van der Waals surface area contributed by atoms with Gasteiger partial charge in [0.05, 0.1) is 24.3 Å². The second-order valence-electron chi connectivity index (χ2n) is 7.33. The number of halogens is 2. The molecule has 1 N–H and O–H groups in total. The van der Waals surface area contributed by atoms with E-state index in [9.17, 15) is 23.2 Å². The first-order valence-electron chi connectivity index (χ1n) is 10.3. The highest BCUT2D eigenvalue weighted by Crippen LogP contribution is 2.24. The molecule has 2 aromatic carbocycles. The first kappa shape index (κ1) is 24.0. The number of rotatable bonds is 8. The number of amides is 1. The van der Waals surface area contributed by atoms with Crippen LogP contribution in [0.15, 0.2) is 48.5 Å². The SMILES string of the molecule is COC(=O)C1CCN(C(=O)COC(=O)c2ccccc2Nc2ccc(OC(F)F)cc2)CC1. The smallest absolute Gasteiger partial charge is 0.387 e. The third-order valence-corrected chi connectivity index (χ3v) is 5.21. The number of hydrogen-bond acceptors (Lipinski definition) is 7. The summed E-state index contributed by atoms with van der Waals surface area (Å²) in [6, 6.07) is 12.4. The van der Waals surface area contributed by atoms with Crippen molar-refractivity contribution in [3.05, 3.63) is 54.1 Å². The Morgan fingerprint density at radius 3 is 2.36 bits per heavy atom. The Balaban J connectivity index is 1.55. The second-order valence-corrected chi connectivity index (χ2v) is 7.33. The number of hydrogen-bond donors (Lipinski definition) is 1. The van der Waals surface area contributed by atoms with Gasteiger partial charge in [0.1, 0.15) is 5.75 Å². The number of benzene rings is 2. The maximum atomic E-state index is 12.6. The molecule has 1 amide bonds. The topological polar surface area (TPSA) is 94.2 Å². The number of nitrogens with zero attached hydrogens (tertiary/aromatic N) is 1. The van der Waals surface area contributed by atoms with Gasteiger partial charge in [0, 0.05) is 18.8 Å². The molecule has 8 nitrogen and oxygen atoms in total. The molecule has 1 aliphatic rings. The molecule has 1 saturated heterocycles. The molecular formula is C23H24F2N2O6. The number of ether oxygens (including phenoxy) is 3. The summed E-state index contributed by atoms with van der Waals surface area (Å²) in [6.07, 6.45) is 1.00. The van der Waals surface area contributed by atoms with Crippen molar-refractivity contribution in [1.82, 2.24) is 4.90 Å². The monoisotopic (exact) mass is 462 g/mol. The molecule has 0 aromatic heterocycles. The van der Waals surface area contributed by atoms with Crippen LogP contribution in [0.2, 0.25) is 0 Å². The Kier molecular flexibility index (Phi) is 8.17. The highest BCUT2D eigenvalue weighted by molar-refractivity contribution is 5.97. The lowest BCUT2D eigenvalue weighted by Crippen LogP contribution is -2.42. The molecule has 0 unspecified atom stereocenters. The molecule has 2 aromatic rings. The van der Waals surface area contributed by atoms with E-state index in [1.54, 1.807) is 29.2 Å². The quantitative estimate of drug-likeness (QED) is 0.599. The van der Waals surface area contributed by atoms with Crippen LogP contribution in [0.1, 0.15) is 23.2 Å². The number of para-hydroxylation sites is 1. The summed E-state index contributed by atoms with van der Waals surface area (Å²) in [5.41, 5.74) is 1.18. The van der Waals surface area contributed by atoms with Gasteiger partial charge in [0.25, 0.3) is 5.91 Å². The lowest BCUT2D eigenvalue weighted by atomic mass is 9.97. The minimum absolute atomic E-state index is 0.0115. The van der Waals surface area contributed by atoms with Crippen molar-refractivity contribution in [3.8, 4) is 5.75 Å². The van der Waals surface area contributed by atoms with Gasteiger partial charge < -0.3 is 24.4 Å². The average molecular weight is 462 g/mol. The van der Waals surface area contributed by atoms with E-state index in [-0.39, 0.29) is 29.1 Å². The third-order valence-electron chi connectivity index (χ3n) is 5.21. The molecule has 1 heterocycles. The fourth-order valence-electron chi connectivity index (χ4n) is 3.47. The van der Waals surface area contributed by atoms with Crippen LogP contribution in [0, 0.1) is 5.92 Å². The van der Waals surface area contributed by atoms with Crippen molar-refractivity contribution in [2.24, 2.45) is 5.92 Å². The first-order valence-corrected chi connectivity index (χ1v) is 10.3. The molecule has 0 saturated carbocycles. The van der Waals surface area contributed by atoms with E-state index in [0.29, 0.717) is 37.3 Å². The van der Waals surface area contributed by atoms with Gasteiger partial charge in [-0.15, -0.1) is 0 Å². The number of anilines is 2. The maximum Gasteiger partial charge on any atom is 0.387 e. The van der Waals surface area contributed by atoms with Gasteiger partial charge in [-0.3, -0.25) is 9.59 Å². The van der Waals surface area contributed by atoms with Crippen LogP contribution >= 0.6 is 0 Å². The van der Waals surface area contributed by atoms with Crippen LogP contribution in [0.3, 0.4) is 0 Å². The average Bonchev–Trinajstić information content (AvgIpc) is 2.83. The zero-order valence-electron chi connectivity index (χ0n) is 18.0. The van der Waals surface area contributed by atoms with Crippen LogP contribution in [-0.2, 0) is 19.1 Å². The lowest BCUT2D eigenvalue weighted by Gasteiger charge is -2.30. The number of esters is 2. The van der Waals surface area contributed by atoms with Crippen molar-refractivity contribution >= 4 is 29.2 Å². The first-order chi connectivity index (χ1) is 15.9. The molecule has 1 aliphatic heterocycles. The van der Waals surface area contributed by atoms with Crippen LogP contribution in [0.25, 0.3) is 0 Å². The summed E-state index contributed by atoms with van der Waals surface area (Å²) in [5.74, 6) is -1.53. The van der Waals surface area contributed by atoms with E-state index in [0.717, 1.165) is 0 Å². The van der Waals surface area contributed by atoms with Gasteiger partial charge >= 0.3 is 18.6 Å². The highest BCUT2D eigenvalue weighted by Gasteiger charge is 2.28. The van der Waals surface area contributed by atoms with Crippen molar-refractivity contribution in [2.45, 2.75) is 19.5 Å². The molecule has 10 heteroatoms. The summed E-state index contributed by atoms with van der Waals surface area (Å²) >= 11 is 0. The van der Waals surface area contributed by atoms with Gasteiger partial charge in [0.15, 0.2) is 6.61 Å². The standard InChI is InChI=1S/C23H24F2N2O6/c1-31-21(29)15-10-12-27(13-11-15)20(28)14-32-22(30)18-4-2-3-5-19(18)26-16-6-8-17(9-7-16)33-23(24)25/h2-9,15,23,26H,10-14H2,1H3. The molecule has 0 aliphatic carbocycles. The molecule has 176 valence electrons. The molecule has 1 fully saturated rings. The number of carbonyl (C=O) groups is 3. The summed E-state index contributed by atoms with van der Waals surface area (Å²) in [7, 11) is 1.34. The number of likely N-dealkylation sites (tertiary alicyclic amines) is 1. The van der Waals surface area contributed by atoms with Gasteiger partial charge in [-0.25, -0.2) is 4.79 Å². The number of nitrogens with one attached hydrogen (secondary N) is 1. The number of methoxy groups -OCH3 is 1.